The predicted molar refractivity (Wildman–Crippen MR) is 165 cm³/mol. The van der Waals surface area contributed by atoms with Crippen LogP contribution >= 0.6 is 0 Å². The largest absolute Gasteiger partial charge is 0.490 e. The molecule has 0 radical (unpaired) electrons. The number of nitrogens with one attached hydrogen (secondary N) is 3. The zero-order valence-electron chi connectivity index (χ0n) is 25.2. The summed E-state index contributed by atoms with van der Waals surface area (Å²) in [6, 6.07) is 12.7. The van der Waals surface area contributed by atoms with Gasteiger partial charge in [-0.15, -0.1) is 0 Å². The SMILES string of the molecule is Cc1ccc(Nc2nc(NC3CCC(NC(=O)OC(C)(C)C)CC3)c3c(OC4CCCCC4)cccc3n2)cc1C. The number of hydrogen-bond acceptors (Lipinski definition) is 7. The van der Waals surface area contributed by atoms with E-state index in [0.717, 1.165) is 66.7 Å². The van der Waals surface area contributed by atoms with Crippen LogP contribution in [0, 0.1) is 13.8 Å². The lowest BCUT2D eigenvalue weighted by atomic mass is 9.91. The number of carbonyl (C=O) groups excluding carboxylic acids is 1. The molecule has 5 rings (SSSR count). The number of rotatable bonds is 7. The van der Waals surface area contributed by atoms with Gasteiger partial charge in [-0.2, -0.15) is 4.98 Å². The zero-order valence-corrected chi connectivity index (χ0v) is 25.2. The van der Waals surface area contributed by atoms with Gasteiger partial charge in [-0.3, -0.25) is 0 Å². The Morgan fingerprint density at radius 2 is 1.61 bits per heavy atom. The van der Waals surface area contributed by atoms with Gasteiger partial charge in [0.1, 0.15) is 17.2 Å². The maximum Gasteiger partial charge on any atom is 0.407 e. The minimum Gasteiger partial charge on any atom is -0.490 e. The van der Waals surface area contributed by atoms with Crippen molar-refractivity contribution in [3.63, 3.8) is 0 Å². The third-order valence-electron chi connectivity index (χ3n) is 8.08. The number of benzene rings is 2. The number of hydrogen-bond donors (Lipinski definition) is 3. The topological polar surface area (TPSA) is 97.4 Å². The fourth-order valence-corrected chi connectivity index (χ4v) is 5.77. The molecule has 3 N–H and O–H groups in total. The minimum absolute atomic E-state index is 0.109. The lowest BCUT2D eigenvalue weighted by Crippen LogP contribution is -2.42. The molecule has 8 heteroatoms. The van der Waals surface area contributed by atoms with Gasteiger partial charge in [-0.05, 0) is 121 Å². The normalized spacial score (nSPS) is 19.9. The number of amides is 1. The van der Waals surface area contributed by atoms with Crippen LogP contribution in [-0.4, -0.2) is 39.8 Å². The Morgan fingerprint density at radius 1 is 0.878 bits per heavy atom. The summed E-state index contributed by atoms with van der Waals surface area (Å²) in [5.41, 5.74) is 3.77. The molecule has 0 spiro atoms. The number of ether oxygens (including phenoxy) is 2. The molecule has 220 valence electrons. The molecule has 0 saturated heterocycles. The summed E-state index contributed by atoms with van der Waals surface area (Å²) >= 11 is 0. The van der Waals surface area contributed by atoms with Crippen LogP contribution < -0.4 is 20.7 Å². The van der Waals surface area contributed by atoms with Gasteiger partial charge in [-0.25, -0.2) is 9.78 Å². The molecule has 2 aromatic carbocycles. The van der Waals surface area contributed by atoms with E-state index in [0.29, 0.717) is 5.95 Å². The van der Waals surface area contributed by atoms with Crippen molar-refractivity contribution in [2.75, 3.05) is 10.6 Å². The van der Waals surface area contributed by atoms with Crippen molar-refractivity contribution < 1.29 is 14.3 Å². The quantitative estimate of drug-likeness (QED) is 0.270. The average molecular weight is 560 g/mol. The molecule has 0 unspecified atom stereocenters. The molecule has 0 bridgehead atoms. The second kappa shape index (κ2) is 12.5. The van der Waals surface area contributed by atoms with Gasteiger partial charge < -0.3 is 25.4 Å². The molecule has 3 aromatic rings. The van der Waals surface area contributed by atoms with Gasteiger partial charge in [-0.1, -0.05) is 18.6 Å². The zero-order chi connectivity index (χ0) is 29.0. The smallest absolute Gasteiger partial charge is 0.407 e. The predicted octanol–water partition coefficient (Wildman–Crippen LogP) is 7.95. The molecular weight excluding hydrogens is 514 g/mol. The number of aromatic nitrogens is 2. The van der Waals surface area contributed by atoms with Crippen molar-refractivity contribution >= 4 is 34.4 Å². The summed E-state index contributed by atoms with van der Waals surface area (Å²) in [6.07, 6.45) is 9.33. The van der Waals surface area contributed by atoms with Crippen molar-refractivity contribution in [2.24, 2.45) is 0 Å². The number of anilines is 3. The van der Waals surface area contributed by atoms with Gasteiger partial charge in [0.15, 0.2) is 0 Å². The van der Waals surface area contributed by atoms with Crippen molar-refractivity contribution in [1.29, 1.82) is 0 Å². The summed E-state index contributed by atoms with van der Waals surface area (Å²) in [5.74, 6) is 2.18. The third kappa shape index (κ3) is 7.80. The van der Waals surface area contributed by atoms with E-state index in [1.165, 1.54) is 30.4 Å². The third-order valence-corrected chi connectivity index (χ3v) is 8.08. The van der Waals surface area contributed by atoms with Crippen LogP contribution in [0.1, 0.15) is 89.7 Å². The van der Waals surface area contributed by atoms with Crippen LogP contribution in [0.15, 0.2) is 36.4 Å². The Morgan fingerprint density at radius 3 is 2.32 bits per heavy atom. The maximum atomic E-state index is 12.3. The van der Waals surface area contributed by atoms with Crippen molar-refractivity contribution in [2.45, 2.75) is 116 Å². The molecule has 8 nitrogen and oxygen atoms in total. The van der Waals surface area contributed by atoms with E-state index in [4.69, 9.17) is 19.4 Å². The summed E-state index contributed by atoms with van der Waals surface area (Å²) in [5, 5.41) is 11.1. The highest BCUT2D eigenvalue weighted by Gasteiger charge is 2.26. The Labute approximate surface area is 244 Å². The van der Waals surface area contributed by atoms with Crippen LogP contribution in [0.25, 0.3) is 10.9 Å². The molecule has 1 heterocycles. The first-order valence-electron chi connectivity index (χ1n) is 15.2. The van der Waals surface area contributed by atoms with Gasteiger partial charge in [0.05, 0.1) is 17.0 Å². The monoisotopic (exact) mass is 559 g/mol. The van der Waals surface area contributed by atoms with Gasteiger partial charge in [0.25, 0.3) is 0 Å². The van der Waals surface area contributed by atoms with Crippen LogP contribution in [0.3, 0.4) is 0 Å². The fraction of sp³-hybridized carbons (Fsp3) is 0.545. The molecule has 2 aliphatic carbocycles. The minimum atomic E-state index is -0.503. The summed E-state index contributed by atoms with van der Waals surface area (Å²) < 4.78 is 12.0. The van der Waals surface area contributed by atoms with E-state index in [-0.39, 0.29) is 24.3 Å². The summed E-state index contributed by atoms with van der Waals surface area (Å²) in [7, 11) is 0. The molecule has 1 amide bonds. The Hall–Kier alpha value is -3.55. The first kappa shape index (κ1) is 29.0. The molecule has 0 aliphatic heterocycles. The van der Waals surface area contributed by atoms with E-state index >= 15 is 0 Å². The van der Waals surface area contributed by atoms with Crippen molar-refractivity contribution in [3.05, 3.63) is 47.5 Å². The van der Waals surface area contributed by atoms with E-state index in [1.54, 1.807) is 0 Å². The van der Waals surface area contributed by atoms with E-state index < -0.39 is 5.60 Å². The molecule has 1 aromatic heterocycles. The molecule has 41 heavy (non-hydrogen) atoms. The van der Waals surface area contributed by atoms with Gasteiger partial charge in [0.2, 0.25) is 5.95 Å². The standard InChI is InChI=1S/C33H45N5O3/c1-21-14-15-25(20-22(21)2)35-31-37-27-12-9-13-28(40-26-10-7-6-8-11-26)29(27)30(38-31)34-23-16-18-24(19-17-23)36-32(39)41-33(3,4)5/h9,12-15,20,23-24,26H,6-8,10-11,16-19H2,1-5H3,(H,36,39)(H2,34,35,37,38). The lowest BCUT2D eigenvalue weighted by molar-refractivity contribution is 0.0492. The first-order chi connectivity index (χ1) is 19.6. The van der Waals surface area contributed by atoms with Crippen molar-refractivity contribution in [3.8, 4) is 5.75 Å². The number of fused-ring (bicyclic) bond motifs is 1. The summed E-state index contributed by atoms with van der Waals surface area (Å²) in [4.78, 5) is 22.2. The fourth-order valence-electron chi connectivity index (χ4n) is 5.77. The second-order valence-electron chi connectivity index (χ2n) is 12.7. The number of carbonyl (C=O) groups is 1. The van der Waals surface area contributed by atoms with Crippen LogP contribution in [0.4, 0.5) is 22.2 Å². The Kier molecular flexibility index (Phi) is 8.85. The van der Waals surface area contributed by atoms with Gasteiger partial charge >= 0.3 is 6.09 Å². The first-order valence-corrected chi connectivity index (χ1v) is 15.2. The Balaban J connectivity index is 1.37. The van der Waals surface area contributed by atoms with Crippen LogP contribution in [0.5, 0.6) is 5.75 Å². The average Bonchev–Trinajstić information content (AvgIpc) is 2.91. The van der Waals surface area contributed by atoms with Crippen LogP contribution in [-0.2, 0) is 4.74 Å². The van der Waals surface area contributed by atoms with Gasteiger partial charge in [0, 0.05) is 17.8 Å². The molecule has 2 saturated carbocycles. The highest BCUT2D eigenvalue weighted by Crippen LogP contribution is 2.36. The van der Waals surface area contributed by atoms with E-state index in [1.807, 2.05) is 39.0 Å². The highest BCUT2D eigenvalue weighted by atomic mass is 16.6. The molecule has 0 atom stereocenters. The maximum absolute atomic E-state index is 12.3. The number of alkyl carbamates (subject to hydrolysis) is 1. The highest BCUT2D eigenvalue weighted by molar-refractivity contribution is 5.95. The number of nitrogens with zero attached hydrogens (tertiary/aromatic N) is 2. The lowest BCUT2D eigenvalue weighted by Gasteiger charge is -2.31. The summed E-state index contributed by atoms with van der Waals surface area (Å²) in [6.45, 7) is 9.87. The molecule has 2 aliphatic rings. The van der Waals surface area contributed by atoms with Crippen molar-refractivity contribution in [1.82, 2.24) is 15.3 Å². The number of aryl methyl sites for hydroxylation is 2. The molecular formula is C33H45N5O3. The second-order valence-corrected chi connectivity index (χ2v) is 12.7. The molecule has 2 fully saturated rings. The van der Waals surface area contributed by atoms with Crippen LogP contribution in [0.2, 0.25) is 0 Å². The Bertz CT molecular complexity index is 1350. The van der Waals surface area contributed by atoms with E-state index in [2.05, 4.69) is 48.0 Å². The van der Waals surface area contributed by atoms with E-state index in [9.17, 15) is 4.79 Å².